The van der Waals surface area contributed by atoms with Crippen molar-refractivity contribution in [2.45, 2.75) is 44.5 Å². The van der Waals surface area contributed by atoms with Crippen molar-refractivity contribution in [3.05, 3.63) is 35.6 Å². The summed E-state index contributed by atoms with van der Waals surface area (Å²) < 4.78 is 35.0. The zero-order valence-corrected chi connectivity index (χ0v) is 20.0. The average Bonchev–Trinajstić information content (AvgIpc) is 2.87. The van der Waals surface area contributed by atoms with Crippen LogP contribution in [0, 0.1) is 28.5 Å². The first-order valence-corrected chi connectivity index (χ1v) is 7.97. The van der Waals surface area contributed by atoms with Gasteiger partial charge in [0.25, 0.3) is 0 Å². The minimum absolute atomic E-state index is 0. The number of nitrogens with two attached hydrogens (primary N) is 1. The van der Waals surface area contributed by atoms with E-state index in [4.69, 9.17) is 10.5 Å². The third kappa shape index (κ3) is 4.59. The highest BCUT2D eigenvalue weighted by molar-refractivity contribution is 7.59. The Bertz CT molecular complexity index is 753. The van der Waals surface area contributed by atoms with E-state index < -0.39 is 34.5 Å². The Morgan fingerprint density at radius 2 is 1.82 bits per heavy atom. The highest BCUT2D eigenvalue weighted by Crippen LogP contribution is 2.54. The fraction of sp³-hybridized carbons (Fsp3) is 0.556. The summed E-state index contributed by atoms with van der Waals surface area (Å²) in [4.78, 5) is 4.53. The van der Waals surface area contributed by atoms with E-state index in [1.165, 1.54) is 19.9 Å². The molecule has 0 radical (unpaired) electrons. The van der Waals surface area contributed by atoms with Crippen molar-refractivity contribution < 1.29 is 13.5 Å². The van der Waals surface area contributed by atoms with Crippen LogP contribution in [0.4, 0.5) is 8.78 Å². The molecule has 1 aromatic rings. The highest BCUT2D eigenvalue weighted by Gasteiger charge is 2.61. The number of fused-ring (bicyclic) bond motifs is 1. The molecule has 0 aromatic heterocycles. The molecule has 10 heteroatoms. The van der Waals surface area contributed by atoms with Crippen LogP contribution >= 0.6 is 54.0 Å². The molecule has 0 bridgehead atoms. The third-order valence-electron chi connectivity index (χ3n) is 5.24. The zero-order chi connectivity index (χ0) is 17.8. The number of alkyl halides is 1. The Hall–Kier alpha value is -0.600. The summed E-state index contributed by atoms with van der Waals surface area (Å²) in [6, 6.07) is 8.45. The largest absolute Gasteiger partial charge is 0.386 e. The Morgan fingerprint density at radius 1 is 1.25 bits per heavy atom. The molecule has 0 saturated carbocycles. The summed E-state index contributed by atoms with van der Waals surface area (Å²) in [5.41, 5.74) is 2.64. The molecule has 4 atom stereocenters. The molecule has 0 amide bonds. The molecule has 0 spiro atoms. The van der Waals surface area contributed by atoms with Crippen molar-refractivity contribution in [3.8, 4) is 6.07 Å². The Morgan fingerprint density at radius 3 is 2.32 bits per heavy atom. The topological polar surface area (TPSA) is 71.4 Å². The first-order chi connectivity index (χ1) is 11.1. The quantitative estimate of drug-likeness (QED) is 0.720. The highest BCUT2D eigenvalue weighted by atomic mass is 32.1. The number of benzene rings is 1. The van der Waals surface area contributed by atoms with Gasteiger partial charge < -0.3 is 10.5 Å². The number of ether oxygens (including phenoxy) is 1. The van der Waals surface area contributed by atoms with Crippen molar-refractivity contribution in [1.29, 1.82) is 5.26 Å². The number of hydrogen-bond acceptors (Lipinski definition) is 4. The van der Waals surface area contributed by atoms with Crippen molar-refractivity contribution in [2.24, 2.45) is 22.1 Å². The number of nitrogens with zero attached hydrogens (tertiary/aromatic N) is 2. The van der Waals surface area contributed by atoms with E-state index >= 15 is 0 Å². The second kappa shape index (κ2) is 9.94. The molecule has 2 heterocycles. The Balaban J connectivity index is 0. The van der Waals surface area contributed by atoms with E-state index in [1.807, 2.05) is 0 Å². The van der Waals surface area contributed by atoms with Crippen LogP contribution in [-0.4, -0.2) is 24.2 Å². The molecule has 4 nitrogen and oxygen atoms in total. The molecule has 3 rings (SSSR count). The number of amidine groups is 1. The standard InChI is InChI=1S/C18H21F2N3O.4H2S/c1-16(2,20)14-12-8-17(3,9-21)15(22)23-18(12,10-24-14)11-6-4-5-7-13(11)19;;;;/h4-7,12,14H,8,10H2,1-3H3,(H2,22,23);4*1H2/t12-,14+,17+,18-;;;;/m1..../s1. The molecule has 1 saturated heterocycles. The average molecular weight is 470 g/mol. The van der Waals surface area contributed by atoms with Crippen LogP contribution in [0.15, 0.2) is 29.3 Å². The van der Waals surface area contributed by atoms with E-state index in [9.17, 15) is 14.0 Å². The van der Waals surface area contributed by atoms with Gasteiger partial charge in [0.15, 0.2) is 0 Å². The maximum Gasteiger partial charge on any atom is 0.131 e. The van der Waals surface area contributed by atoms with E-state index in [2.05, 4.69) is 11.1 Å². The normalized spacial score (nSPS) is 30.8. The van der Waals surface area contributed by atoms with Gasteiger partial charge in [0.1, 0.15) is 28.3 Å². The van der Waals surface area contributed by atoms with E-state index in [-0.39, 0.29) is 72.8 Å². The lowest BCUT2D eigenvalue weighted by Gasteiger charge is -2.43. The number of rotatable bonds is 2. The molecular weight excluding hydrogens is 440 g/mol. The molecule has 1 fully saturated rings. The van der Waals surface area contributed by atoms with Gasteiger partial charge >= 0.3 is 0 Å². The summed E-state index contributed by atoms with van der Waals surface area (Å²) in [5.74, 6) is -0.766. The van der Waals surface area contributed by atoms with Crippen LogP contribution in [0.1, 0.15) is 32.8 Å². The molecule has 2 aliphatic rings. The van der Waals surface area contributed by atoms with Crippen LogP contribution in [0.3, 0.4) is 0 Å². The van der Waals surface area contributed by atoms with Crippen molar-refractivity contribution in [2.75, 3.05) is 6.61 Å². The van der Waals surface area contributed by atoms with Crippen LogP contribution in [0.5, 0.6) is 0 Å². The molecule has 1 aromatic carbocycles. The summed E-state index contributed by atoms with van der Waals surface area (Å²) in [5, 5.41) is 9.52. The number of halogens is 2. The predicted molar refractivity (Wildman–Crippen MR) is 128 cm³/mol. The molecule has 0 unspecified atom stereocenters. The molecular formula is C18H29F2N3OS4. The maximum atomic E-state index is 14.7. The van der Waals surface area contributed by atoms with E-state index in [0.29, 0.717) is 5.56 Å². The first kappa shape index (κ1) is 29.6. The molecule has 28 heavy (non-hydrogen) atoms. The lowest BCUT2D eigenvalue weighted by molar-refractivity contribution is -0.0285. The van der Waals surface area contributed by atoms with Gasteiger partial charge in [-0.1, -0.05) is 18.2 Å². The van der Waals surface area contributed by atoms with E-state index in [0.717, 1.165) is 0 Å². The fourth-order valence-corrected chi connectivity index (χ4v) is 3.89. The number of hydrogen-bond donors (Lipinski definition) is 1. The molecule has 160 valence electrons. The molecule has 0 aliphatic carbocycles. The lowest BCUT2D eigenvalue weighted by Crippen LogP contribution is -2.52. The van der Waals surface area contributed by atoms with Gasteiger partial charge in [-0.05, 0) is 33.3 Å². The van der Waals surface area contributed by atoms with Crippen molar-refractivity contribution in [1.82, 2.24) is 0 Å². The van der Waals surface area contributed by atoms with Crippen LogP contribution in [-0.2, 0) is 10.3 Å². The van der Waals surface area contributed by atoms with Gasteiger partial charge in [0.2, 0.25) is 0 Å². The van der Waals surface area contributed by atoms with E-state index in [1.54, 1.807) is 25.1 Å². The minimum atomic E-state index is -1.64. The smallest absolute Gasteiger partial charge is 0.131 e. The first-order valence-electron chi connectivity index (χ1n) is 7.97. The molecule has 2 aliphatic heterocycles. The second-order valence-electron chi connectivity index (χ2n) is 7.45. The Labute approximate surface area is 193 Å². The van der Waals surface area contributed by atoms with Crippen LogP contribution in [0.25, 0.3) is 0 Å². The maximum absolute atomic E-state index is 14.7. The number of aliphatic imine (C=N–C) groups is 1. The van der Waals surface area contributed by atoms with Gasteiger partial charge in [-0.3, -0.25) is 4.99 Å². The van der Waals surface area contributed by atoms with Crippen molar-refractivity contribution in [3.63, 3.8) is 0 Å². The summed E-state index contributed by atoms with van der Waals surface area (Å²) in [7, 11) is 0. The van der Waals surface area contributed by atoms with Gasteiger partial charge in [0.05, 0.1) is 18.8 Å². The van der Waals surface area contributed by atoms with Crippen LogP contribution in [0.2, 0.25) is 0 Å². The Kier molecular flexibility index (Phi) is 10.5. The SMILES string of the molecule is CC(C)(F)[C@H]1OC[C@]2(c3ccccc3F)N=C(N)[C@](C)(C#N)C[C@H]12.S.S.S.S. The minimum Gasteiger partial charge on any atom is -0.386 e. The van der Waals surface area contributed by atoms with Gasteiger partial charge in [0, 0.05) is 11.5 Å². The fourth-order valence-electron chi connectivity index (χ4n) is 3.89. The molecule has 2 N–H and O–H groups in total. The second-order valence-corrected chi connectivity index (χ2v) is 7.45. The summed E-state index contributed by atoms with van der Waals surface area (Å²) in [6.45, 7) is 4.58. The van der Waals surface area contributed by atoms with Crippen LogP contribution < -0.4 is 5.73 Å². The van der Waals surface area contributed by atoms with Gasteiger partial charge in [-0.2, -0.15) is 59.2 Å². The number of nitriles is 1. The summed E-state index contributed by atoms with van der Waals surface area (Å²) in [6.07, 6.45) is -0.521. The van der Waals surface area contributed by atoms with Gasteiger partial charge in [-0.25, -0.2) is 8.78 Å². The van der Waals surface area contributed by atoms with Crippen molar-refractivity contribution >= 4 is 59.8 Å². The summed E-state index contributed by atoms with van der Waals surface area (Å²) >= 11 is 0. The zero-order valence-electron chi connectivity index (χ0n) is 16.0. The predicted octanol–water partition coefficient (Wildman–Crippen LogP) is 3.53. The lowest BCUT2D eigenvalue weighted by atomic mass is 9.65. The van der Waals surface area contributed by atoms with Gasteiger partial charge in [-0.15, -0.1) is 0 Å². The monoisotopic (exact) mass is 469 g/mol. The third-order valence-corrected chi connectivity index (χ3v) is 5.24.